The van der Waals surface area contributed by atoms with Gasteiger partial charge in [0.15, 0.2) is 0 Å². The monoisotopic (exact) mass is 357 g/mol. The largest absolute Gasteiger partial charge is 0.430 e. The number of ether oxygens (including phenoxy) is 1. The van der Waals surface area contributed by atoms with E-state index in [-0.39, 0.29) is 11.6 Å². The minimum atomic E-state index is -4.88. The molecule has 2 atom stereocenters. The number of nitrogens with zero attached hydrogens (tertiary/aromatic N) is 1. The van der Waals surface area contributed by atoms with Crippen LogP contribution < -0.4 is 0 Å². The van der Waals surface area contributed by atoms with Gasteiger partial charge in [-0.3, -0.25) is 4.79 Å². The first-order valence-corrected chi connectivity index (χ1v) is 8.16. The molecule has 0 saturated carbocycles. The van der Waals surface area contributed by atoms with Gasteiger partial charge < -0.3 is 9.64 Å². The van der Waals surface area contributed by atoms with Gasteiger partial charge >= 0.3 is 6.18 Å². The van der Waals surface area contributed by atoms with Crippen LogP contribution in [0.25, 0.3) is 0 Å². The maximum Gasteiger partial charge on any atom is 0.430 e. The van der Waals surface area contributed by atoms with Crippen LogP contribution >= 0.6 is 0 Å². The van der Waals surface area contributed by atoms with Gasteiger partial charge in [-0.2, -0.15) is 13.2 Å². The molecule has 1 aromatic carbocycles. The van der Waals surface area contributed by atoms with Gasteiger partial charge in [-0.05, 0) is 33.6 Å². The van der Waals surface area contributed by atoms with Crippen molar-refractivity contribution < 1.29 is 22.7 Å². The SMILES string of the molecule is CO[C@](C(=O)N(C)C(C)CCC=C(C)C)(c1ccccc1)C(F)(F)F. The number of halogens is 3. The Morgan fingerprint density at radius 3 is 2.24 bits per heavy atom. The zero-order chi connectivity index (χ0) is 19.3. The van der Waals surface area contributed by atoms with Gasteiger partial charge in [-0.25, -0.2) is 0 Å². The third-order valence-corrected chi connectivity index (χ3v) is 4.31. The van der Waals surface area contributed by atoms with E-state index in [2.05, 4.69) is 0 Å². The molecule has 140 valence electrons. The van der Waals surface area contributed by atoms with Crippen LogP contribution in [0.2, 0.25) is 0 Å². The summed E-state index contributed by atoms with van der Waals surface area (Å²) in [5, 5.41) is 0. The quantitative estimate of drug-likeness (QED) is 0.663. The smallest absolute Gasteiger partial charge is 0.356 e. The Morgan fingerprint density at radius 2 is 1.80 bits per heavy atom. The lowest BCUT2D eigenvalue weighted by atomic mass is 9.90. The summed E-state index contributed by atoms with van der Waals surface area (Å²) >= 11 is 0. The number of hydrogen-bond donors (Lipinski definition) is 0. The first kappa shape index (κ1) is 21.2. The maximum atomic E-state index is 13.9. The van der Waals surface area contributed by atoms with Gasteiger partial charge in [0.2, 0.25) is 0 Å². The number of likely N-dealkylation sites (N-methyl/N-ethyl adjacent to an activating group) is 1. The zero-order valence-corrected chi connectivity index (χ0v) is 15.4. The molecule has 1 amide bonds. The van der Waals surface area contributed by atoms with E-state index < -0.39 is 17.7 Å². The van der Waals surface area contributed by atoms with Crippen molar-refractivity contribution in [3.05, 3.63) is 47.5 Å². The molecular weight excluding hydrogens is 331 g/mol. The van der Waals surface area contributed by atoms with E-state index in [9.17, 15) is 18.0 Å². The van der Waals surface area contributed by atoms with Crippen LogP contribution in [0.5, 0.6) is 0 Å². The fourth-order valence-electron chi connectivity index (χ4n) is 2.66. The summed E-state index contributed by atoms with van der Waals surface area (Å²) in [6.45, 7) is 5.64. The average molecular weight is 357 g/mol. The van der Waals surface area contributed by atoms with Crippen LogP contribution in [-0.4, -0.2) is 37.2 Å². The van der Waals surface area contributed by atoms with Crippen LogP contribution in [0.3, 0.4) is 0 Å². The van der Waals surface area contributed by atoms with Gasteiger partial charge in [-0.15, -0.1) is 0 Å². The Bertz CT molecular complexity index is 594. The zero-order valence-electron chi connectivity index (χ0n) is 15.4. The summed E-state index contributed by atoms with van der Waals surface area (Å²) in [5.41, 5.74) is -2.10. The molecule has 0 aromatic heterocycles. The summed E-state index contributed by atoms with van der Waals surface area (Å²) in [6.07, 6.45) is -1.62. The Labute approximate surface area is 147 Å². The number of carbonyl (C=O) groups is 1. The molecular formula is C19H26F3NO2. The number of rotatable bonds is 7. The minimum Gasteiger partial charge on any atom is -0.356 e. The van der Waals surface area contributed by atoms with E-state index in [4.69, 9.17) is 4.74 Å². The van der Waals surface area contributed by atoms with Gasteiger partial charge in [0.25, 0.3) is 11.5 Å². The molecule has 25 heavy (non-hydrogen) atoms. The third-order valence-electron chi connectivity index (χ3n) is 4.31. The number of hydrogen-bond acceptors (Lipinski definition) is 2. The Kier molecular flexibility index (Phi) is 7.23. The fourth-order valence-corrected chi connectivity index (χ4v) is 2.66. The van der Waals surface area contributed by atoms with E-state index in [0.717, 1.165) is 17.6 Å². The standard InChI is InChI=1S/C19H26F3NO2/c1-14(2)10-9-11-15(3)23(4)17(24)18(25-5,19(20,21)22)16-12-7-6-8-13-16/h6-8,10,12-13,15H,9,11H2,1-5H3/t15?,18-/m0/s1. The van der Waals surface area contributed by atoms with Gasteiger partial charge in [0.05, 0.1) is 0 Å². The van der Waals surface area contributed by atoms with Crippen molar-refractivity contribution in [2.45, 2.75) is 51.4 Å². The summed E-state index contributed by atoms with van der Waals surface area (Å²) < 4.78 is 46.6. The van der Waals surface area contributed by atoms with Crippen LogP contribution in [0.1, 0.15) is 39.2 Å². The molecule has 0 radical (unpaired) electrons. The van der Waals surface area contributed by atoms with Crippen LogP contribution in [0, 0.1) is 0 Å². The topological polar surface area (TPSA) is 29.5 Å². The van der Waals surface area contributed by atoms with Crippen molar-refractivity contribution in [1.82, 2.24) is 4.90 Å². The molecule has 1 rings (SSSR count). The molecule has 0 spiro atoms. The minimum absolute atomic E-state index is 0.224. The summed E-state index contributed by atoms with van der Waals surface area (Å²) in [5.74, 6) is -1.11. The molecule has 0 saturated heterocycles. The van der Waals surface area contributed by atoms with Crippen molar-refractivity contribution in [2.24, 2.45) is 0 Å². The third kappa shape index (κ3) is 4.63. The Balaban J connectivity index is 3.19. The molecule has 1 aromatic rings. The second kappa shape index (κ2) is 8.52. The van der Waals surface area contributed by atoms with Gasteiger partial charge in [0, 0.05) is 25.8 Å². The lowest BCUT2D eigenvalue weighted by Crippen LogP contribution is -2.57. The van der Waals surface area contributed by atoms with Crippen molar-refractivity contribution in [2.75, 3.05) is 14.2 Å². The van der Waals surface area contributed by atoms with E-state index in [1.54, 1.807) is 13.0 Å². The van der Waals surface area contributed by atoms with E-state index >= 15 is 0 Å². The number of amides is 1. The highest BCUT2D eigenvalue weighted by Gasteiger charge is 2.63. The van der Waals surface area contributed by atoms with Crippen molar-refractivity contribution >= 4 is 5.91 Å². The van der Waals surface area contributed by atoms with E-state index in [1.165, 1.54) is 31.3 Å². The number of carbonyl (C=O) groups excluding carboxylic acids is 1. The lowest BCUT2D eigenvalue weighted by Gasteiger charge is -2.38. The predicted octanol–water partition coefficient (Wildman–Crippen LogP) is 4.68. The molecule has 0 aliphatic heterocycles. The van der Waals surface area contributed by atoms with Crippen molar-refractivity contribution in [3.8, 4) is 0 Å². The number of benzene rings is 1. The fraction of sp³-hybridized carbons (Fsp3) is 0.526. The van der Waals surface area contributed by atoms with Crippen molar-refractivity contribution in [1.29, 1.82) is 0 Å². The highest BCUT2D eigenvalue weighted by molar-refractivity contribution is 5.87. The van der Waals surface area contributed by atoms with Crippen LogP contribution in [0.4, 0.5) is 13.2 Å². The molecule has 0 bridgehead atoms. The Hall–Kier alpha value is -1.82. The van der Waals surface area contributed by atoms with Crippen molar-refractivity contribution in [3.63, 3.8) is 0 Å². The van der Waals surface area contributed by atoms with Gasteiger partial charge in [0.1, 0.15) is 0 Å². The molecule has 6 heteroatoms. The van der Waals surface area contributed by atoms with Crippen LogP contribution in [-0.2, 0) is 15.1 Å². The Morgan fingerprint density at radius 1 is 1.24 bits per heavy atom. The second-order valence-corrected chi connectivity index (χ2v) is 6.37. The second-order valence-electron chi connectivity index (χ2n) is 6.37. The summed E-state index contributed by atoms with van der Waals surface area (Å²) in [4.78, 5) is 14.0. The highest BCUT2D eigenvalue weighted by Crippen LogP contribution is 2.43. The number of allylic oxidation sites excluding steroid dienone is 2. The average Bonchev–Trinajstić information content (AvgIpc) is 2.54. The maximum absolute atomic E-state index is 13.9. The lowest BCUT2D eigenvalue weighted by molar-refractivity contribution is -0.270. The summed E-state index contributed by atoms with van der Waals surface area (Å²) in [6, 6.07) is 6.67. The summed E-state index contributed by atoms with van der Waals surface area (Å²) in [7, 11) is 2.30. The van der Waals surface area contributed by atoms with Crippen LogP contribution in [0.15, 0.2) is 42.0 Å². The first-order chi connectivity index (χ1) is 11.6. The molecule has 0 heterocycles. The molecule has 0 aliphatic rings. The van der Waals surface area contributed by atoms with E-state index in [1.807, 2.05) is 19.9 Å². The number of alkyl halides is 3. The normalized spacial score (nSPS) is 15.2. The molecule has 3 nitrogen and oxygen atoms in total. The number of methoxy groups -OCH3 is 1. The highest BCUT2D eigenvalue weighted by atomic mass is 19.4. The molecule has 1 unspecified atom stereocenters. The van der Waals surface area contributed by atoms with Gasteiger partial charge in [-0.1, -0.05) is 42.0 Å². The molecule has 0 aliphatic carbocycles. The van der Waals surface area contributed by atoms with E-state index in [0.29, 0.717) is 12.8 Å². The molecule has 0 fully saturated rings. The first-order valence-electron chi connectivity index (χ1n) is 8.16. The molecule has 0 N–H and O–H groups in total. The predicted molar refractivity (Wildman–Crippen MR) is 92.1 cm³/mol.